The highest BCUT2D eigenvalue weighted by Crippen LogP contribution is 2.36. The third-order valence-electron chi connectivity index (χ3n) is 4.44. The summed E-state index contributed by atoms with van der Waals surface area (Å²) in [5.74, 6) is 0.168. The molecule has 1 N–H and O–H groups in total. The monoisotopic (exact) mass is 354 g/mol. The molecule has 4 nitrogen and oxygen atoms in total. The van der Waals surface area contributed by atoms with Crippen molar-refractivity contribution in [1.82, 2.24) is 0 Å². The van der Waals surface area contributed by atoms with E-state index in [1.54, 1.807) is 0 Å². The largest absolute Gasteiger partial charge is 0.489 e. The third kappa shape index (κ3) is 4.64. The molecular formula is C22H26O4. The number of ether oxygens (including phenoxy) is 2. The minimum Gasteiger partial charge on any atom is -0.489 e. The molecule has 0 spiro atoms. The molecule has 0 bridgehead atoms. The highest BCUT2D eigenvalue weighted by Gasteiger charge is 2.33. The van der Waals surface area contributed by atoms with Crippen molar-refractivity contribution in [3.8, 4) is 5.75 Å². The second kappa shape index (κ2) is 7.50. The minimum atomic E-state index is -0.684. The molecule has 0 aromatic heterocycles. The van der Waals surface area contributed by atoms with Crippen molar-refractivity contribution in [3.05, 3.63) is 65.2 Å². The van der Waals surface area contributed by atoms with Crippen molar-refractivity contribution in [2.75, 3.05) is 0 Å². The molecule has 4 heteroatoms. The van der Waals surface area contributed by atoms with Crippen molar-refractivity contribution in [2.24, 2.45) is 5.92 Å². The van der Waals surface area contributed by atoms with Crippen LogP contribution in [-0.2, 0) is 22.6 Å². The quantitative estimate of drug-likeness (QED) is 0.836. The Morgan fingerprint density at radius 1 is 1.15 bits per heavy atom. The van der Waals surface area contributed by atoms with E-state index in [4.69, 9.17) is 9.47 Å². The molecule has 0 saturated heterocycles. The lowest BCUT2D eigenvalue weighted by Gasteiger charge is -2.30. The number of benzene rings is 2. The van der Waals surface area contributed by atoms with Crippen molar-refractivity contribution in [2.45, 2.75) is 51.9 Å². The summed E-state index contributed by atoms with van der Waals surface area (Å²) in [6.07, 6.45) is 0.279. The van der Waals surface area contributed by atoms with Crippen LogP contribution < -0.4 is 4.74 Å². The fourth-order valence-corrected chi connectivity index (χ4v) is 3.21. The van der Waals surface area contributed by atoms with Gasteiger partial charge in [-0.1, -0.05) is 36.4 Å². The van der Waals surface area contributed by atoms with Crippen molar-refractivity contribution < 1.29 is 19.4 Å². The second-order valence-electron chi connectivity index (χ2n) is 7.82. The molecule has 2 unspecified atom stereocenters. The number of esters is 1. The summed E-state index contributed by atoms with van der Waals surface area (Å²) in [4.78, 5) is 12.3. The van der Waals surface area contributed by atoms with E-state index in [9.17, 15) is 9.90 Å². The number of carbonyl (C=O) groups is 1. The molecular weight excluding hydrogens is 328 g/mol. The van der Waals surface area contributed by atoms with Gasteiger partial charge in [0.1, 0.15) is 18.0 Å². The lowest BCUT2D eigenvalue weighted by molar-refractivity contribution is -0.161. The highest BCUT2D eigenvalue weighted by molar-refractivity contribution is 5.74. The Kier molecular flexibility index (Phi) is 5.33. The Morgan fingerprint density at radius 3 is 2.58 bits per heavy atom. The number of hydrogen-bond acceptors (Lipinski definition) is 4. The van der Waals surface area contributed by atoms with Crippen LogP contribution in [0.25, 0.3) is 0 Å². The van der Waals surface area contributed by atoms with E-state index < -0.39 is 11.7 Å². The van der Waals surface area contributed by atoms with E-state index in [-0.39, 0.29) is 11.9 Å². The Labute approximate surface area is 154 Å². The zero-order valence-electron chi connectivity index (χ0n) is 15.6. The van der Waals surface area contributed by atoms with E-state index >= 15 is 0 Å². The van der Waals surface area contributed by atoms with Crippen LogP contribution in [0.2, 0.25) is 0 Å². The SMILES string of the molecule is CC(C)(C)OC(=O)C1Cc2ccc(OCc3ccccc3)cc2C(O)C1. The van der Waals surface area contributed by atoms with Gasteiger partial charge in [-0.15, -0.1) is 0 Å². The first kappa shape index (κ1) is 18.5. The topological polar surface area (TPSA) is 55.8 Å². The summed E-state index contributed by atoms with van der Waals surface area (Å²) in [6, 6.07) is 15.7. The zero-order chi connectivity index (χ0) is 18.7. The first-order valence-corrected chi connectivity index (χ1v) is 9.02. The zero-order valence-corrected chi connectivity index (χ0v) is 15.6. The van der Waals surface area contributed by atoms with Gasteiger partial charge in [0.05, 0.1) is 12.0 Å². The van der Waals surface area contributed by atoms with Gasteiger partial charge < -0.3 is 14.6 Å². The number of hydrogen-bond donors (Lipinski definition) is 1. The van der Waals surface area contributed by atoms with Gasteiger partial charge in [0.2, 0.25) is 0 Å². The molecule has 1 aliphatic rings. The number of rotatable bonds is 4. The standard InChI is InChI=1S/C22H26O4/c1-22(2,3)26-21(24)17-11-16-9-10-18(13-19(16)20(23)12-17)25-14-15-7-5-4-6-8-15/h4-10,13,17,20,23H,11-12,14H2,1-3H3. The average Bonchev–Trinajstić information content (AvgIpc) is 2.59. The lowest BCUT2D eigenvalue weighted by atomic mass is 9.82. The summed E-state index contributed by atoms with van der Waals surface area (Å²) < 4.78 is 11.3. The van der Waals surface area contributed by atoms with Gasteiger partial charge in [0, 0.05) is 0 Å². The van der Waals surface area contributed by atoms with Gasteiger partial charge in [0.25, 0.3) is 0 Å². The average molecular weight is 354 g/mol. The number of carbonyl (C=O) groups excluding carboxylic acids is 1. The molecule has 2 aromatic carbocycles. The second-order valence-corrected chi connectivity index (χ2v) is 7.82. The molecule has 138 valence electrons. The molecule has 0 heterocycles. The van der Waals surface area contributed by atoms with Crippen LogP contribution in [0.3, 0.4) is 0 Å². The molecule has 0 aliphatic heterocycles. The fraction of sp³-hybridized carbons (Fsp3) is 0.409. The number of aliphatic hydroxyl groups is 1. The highest BCUT2D eigenvalue weighted by atomic mass is 16.6. The maximum atomic E-state index is 12.3. The summed E-state index contributed by atoms with van der Waals surface area (Å²) in [5, 5.41) is 10.5. The van der Waals surface area contributed by atoms with E-state index in [0.717, 1.165) is 22.4 Å². The predicted molar refractivity (Wildman–Crippen MR) is 99.8 cm³/mol. The number of aliphatic hydroxyl groups excluding tert-OH is 1. The Bertz CT molecular complexity index is 761. The van der Waals surface area contributed by atoms with Crippen LogP contribution >= 0.6 is 0 Å². The maximum absolute atomic E-state index is 12.3. The van der Waals surface area contributed by atoms with Gasteiger partial charge in [-0.2, -0.15) is 0 Å². The van der Waals surface area contributed by atoms with E-state index in [0.29, 0.717) is 19.4 Å². The summed E-state index contributed by atoms with van der Waals surface area (Å²) >= 11 is 0. The van der Waals surface area contributed by atoms with Gasteiger partial charge in [-0.25, -0.2) is 0 Å². The maximum Gasteiger partial charge on any atom is 0.309 e. The molecule has 2 atom stereocenters. The predicted octanol–water partition coefficient (Wildman–Crippen LogP) is 4.20. The summed E-state index contributed by atoms with van der Waals surface area (Å²) in [5.41, 5.74) is 2.40. The van der Waals surface area contributed by atoms with Crippen LogP contribution in [0.4, 0.5) is 0 Å². The van der Waals surface area contributed by atoms with Crippen LogP contribution in [-0.4, -0.2) is 16.7 Å². The molecule has 0 radical (unpaired) electrons. The smallest absolute Gasteiger partial charge is 0.309 e. The van der Waals surface area contributed by atoms with Crippen LogP contribution in [0.15, 0.2) is 48.5 Å². The van der Waals surface area contributed by atoms with Crippen molar-refractivity contribution in [1.29, 1.82) is 0 Å². The fourth-order valence-electron chi connectivity index (χ4n) is 3.21. The molecule has 0 amide bonds. The lowest BCUT2D eigenvalue weighted by Crippen LogP contribution is -2.32. The third-order valence-corrected chi connectivity index (χ3v) is 4.44. The first-order valence-electron chi connectivity index (χ1n) is 9.02. The summed E-state index contributed by atoms with van der Waals surface area (Å²) in [6.45, 7) is 6.05. The Hall–Kier alpha value is -2.33. The van der Waals surface area contributed by atoms with E-state index in [1.807, 2.05) is 69.3 Å². The Balaban J connectivity index is 1.69. The molecule has 0 saturated carbocycles. The summed E-state index contributed by atoms with van der Waals surface area (Å²) in [7, 11) is 0. The normalized spacial score (nSPS) is 19.5. The van der Waals surface area contributed by atoms with Gasteiger partial charge in [0.15, 0.2) is 0 Å². The van der Waals surface area contributed by atoms with Crippen LogP contribution in [0, 0.1) is 5.92 Å². The molecule has 1 aliphatic carbocycles. The molecule has 0 fully saturated rings. The first-order chi connectivity index (χ1) is 12.3. The van der Waals surface area contributed by atoms with E-state index in [2.05, 4.69) is 0 Å². The Morgan fingerprint density at radius 2 is 1.88 bits per heavy atom. The molecule has 2 aromatic rings. The van der Waals surface area contributed by atoms with Crippen LogP contribution in [0.5, 0.6) is 5.75 Å². The van der Waals surface area contributed by atoms with Gasteiger partial charge in [-0.3, -0.25) is 4.79 Å². The minimum absolute atomic E-state index is 0.244. The van der Waals surface area contributed by atoms with Gasteiger partial charge >= 0.3 is 5.97 Å². The number of fused-ring (bicyclic) bond motifs is 1. The van der Waals surface area contributed by atoms with Gasteiger partial charge in [-0.05, 0) is 62.4 Å². The van der Waals surface area contributed by atoms with Crippen LogP contribution in [0.1, 0.15) is 50.0 Å². The van der Waals surface area contributed by atoms with Crippen molar-refractivity contribution >= 4 is 5.97 Å². The molecule has 26 heavy (non-hydrogen) atoms. The molecule has 3 rings (SSSR count). The van der Waals surface area contributed by atoms with E-state index in [1.165, 1.54) is 0 Å². The van der Waals surface area contributed by atoms with Crippen molar-refractivity contribution in [3.63, 3.8) is 0 Å².